The summed E-state index contributed by atoms with van der Waals surface area (Å²) in [5, 5.41) is 3.21. The Morgan fingerprint density at radius 2 is 2.20 bits per heavy atom. The van der Waals surface area contributed by atoms with Crippen LogP contribution >= 0.6 is 11.6 Å². The SMILES string of the molecule is O=S1(=O)CCNCCN1c1ccc(Cl)o1. The van der Waals surface area contributed by atoms with Gasteiger partial charge in [-0.2, -0.15) is 0 Å². The molecule has 5 nitrogen and oxygen atoms in total. The standard InChI is InChI=1S/C8H11ClN2O3S/c9-7-1-2-8(14-7)11-5-3-10-4-6-15(11,12)13/h1-2,10H,3-6H2. The number of hydrogen-bond donors (Lipinski definition) is 1. The minimum absolute atomic E-state index is 0.0747. The van der Waals surface area contributed by atoms with E-state index in [2.05, 4.69) is 5.32 Å². The Kier molecular flexibility index (Phi) is 2.90. The van der Waals surface area contributed by atoms with E-state index in [-0.39, 0.29) is 16.9 Å². The molecule has 1 fully saturated rings. The Morgan fingerprint density at radius 3 is 2.87 bits per heavy atom. The van der Waals surface area contributed by atoms with Gasteiger partial charge in [0.25, 0.3) is 0 Å². The van der Waals surface area contributed by atoms with Crippen LogP contribution in [0.2, 0.25) is 5.22 Å². The predicted molar refractivity (Wildman–Crippen MR) is 57.7 cm³/mol. The molecule has 0 atom stereocenters. The van der Waals surface area contributed by atoms with Crippen LogP contribution in [0.15, 0.2) is 16.5 Å². The minimum Gasteiger partial charge on any atom is -0.428 e. The molecule has 1 aromatic heterocycles. The summed E-state index contributed by atoms with van der Waals surface area (Å²) in [6.45, 7) is 1.44. The number of nitrogens with one attached hydrogen (secondary N) is 1. The second-order valence-corrected chi connectivity index (χ2v) is 5.60. The summed E-state index contributed by atoms with van der Waals surface area (Å²) in [6.07, 6.45) is 0. The van der Waals surface area contributed by atoms with Crippen LogP contribution in [0, 0.1) is 0 Å². The summed E-state index contributed by atoms with van der Waals surface area (Å²) in [7, 11) is -3.28. The minimum atomic E-state index is -3.28. The van der Waals surface area contributed by atoms with E-state index in [1.165, 1.54) is 10.4 Å². The third-order valence-electron chi connectivity index (χ3n) is 2.17. The van der Waals surface area contributed by atoms with E-state index in [9.17, 15) is 8.42 Å². The number of hydrogen-bond acceptors (Lipinski definition) is 4. The Morgan fingerprint density at radius 1 is 1.40 bits per heavy atom. The fraction of sp³-hybridized carbons (Fsp3) is 0.500. The van der Waals surface area contributed by atoms with E-state index in [0.717, 1.165) is 0 Å². The molecule has 0 saturated carbocycles. The van der Waals surface area contributed by atoms with E-state index in [0.29, 0.717) is 19.6 Å². The highest BCUT2D eigenvalue weighted by Gasteiger charge is 2.26. The number of anilines is 1. The molecule has 15 heavy (non-hydrogen) atoms. The molecule has 0 spiro atoms. The van der Waals surface area contributed by atoms with Crippen molar-refractivity contribution in [2.45, 2.75) is 0 Å². The average Bonchev–Trinajstić information content (AvgIpc) is 2.49. The van der Waals surface area contributed by atoms with Gasteiger partial charge in [-0.1, -0.05) is 0 Å². The van der Waals surface area contributed by atoms with Gasteiger partial charge in [0.05, 0.1) is 5.75 Å². The van der Waals surface area contributed by atoms with Crippen LogP contribution in [0.25, 0.3) is 0 Å². The first-order valence-corrected chi connectivity index (χ1v) is 6.55. The number of nitrogens with zero attached hydrogens (tertiary/aromatic N) is 1. The zero-order valence-corrected chi connectivity index (χ0v) is 9.51. The molecule has 2 heterocycles. The van der Waals surface area contributed by atoms with E-state index in [1.807, 2.05) is 0 Å². The van der Waals surface area contributed by atoms with E-state index in [1.54, 1.807) is 6.07 Å². The Hall–Kier alpha value is -0.720. The molecule has 1 aliphatic heterocycles. The lowest BCUT2D eigenvalue weighted by Gasteiger charge is -2.18. The van der Waals surface area contributed by atoms with Crippen molar-refractivity contribution < 1.29 is 12.8 Å². The van der Waals surface area contributed by atoms with Gasteiger partial charge in [0.1, 0.15) is 0 Å². The monoisotopic (exact) mass is 250 g/mol. The van der Waals surface area contributed by atoms with Crippen LogP contribution in [-0.4, -0.2) is 33.8 Å². The lowest BCUT2D eigenvalue weighted by Crippen LogP contribution is -2.33. The van der Waals surface area contributed by atoms with Crippen molar-refractivity contribution in [2.24, 2.45) is 0 Å². The summed E-state index contributed by atoms with van der Waals surface area (Å²) in [6, 6.07) is 3.09. The molecule has 0 aliphatic carbocycles. The highest BCUT2D eigenvalue weighted by Crippen LogP contribution is 2.24. The molecule has 1 aliphatic rings. The molecule has 1 saturated heterocycles. The van der Waals surface area contributed by atoms with Crippen LogP contribution < -0.4 is 9.62 Å². The quantitative estimate of drug-likeness (QED) is 0.796. The van der Waals surface area contributed by atoms with Crippen LogP contribution in [0.4, 0.5) is 5.88 Å². The summed E-state index contributed by atoms with van der Waals surface area (Å²) in [5.74, 6) is 0.356. The van der Waals surface area contributed by atoms with Crippen molar-refractivity contribution in [3.05, 3.63) is 17.4 Å². The van der Waals surface area contributed by atoms with Crippen molar-refractivity contribution in [3.8, 4) is 0 Å². The lowest BCUT2D eigenvalue weighted by molar-refractivity contribution is 0.554. The van der Waals surface area contributed by atoms with Gasteiger partial charge >= 0.3 is 0 Å². The first kappa shape index (κ1) is 10.8. The highest BCUT2D eigenvalue weighted by atomic mass is 35.5. The first-order chi connectivity index (χ1) is 7.09. The van der Waals surface area contributed by atoms with Crippen LogP contribution in [0.5, 0.6) is 0 Å². The maximum atomic E-state index is 11.8. The highest BCUT2D eigenvalue weighted by molar-refractivity contribution is 7.92. The maximum absolute atomic E-state index is 11.8. The zero-order valence-electron chi connectivity index (χ0n) is 7.94. The van der Waals surface area contributed by atoms with Gasteiger partial charge in [0.2, 0.25) is 15.9 Å². The molecule has 0 bridgehead atoms. The molecule has 7 heteroatoms. The Bertz CT molecular complexity index is 442. The van der Waals surface area contributed by atoms with Gasteiger partial charge in [0, 0.05) is 25.7 Å². The van der Waals surface area contributed by atoms with E-state index >= 15 is 0 Å². The van der Waals surface area contributed by atoms with Crippen molar-refractivity contribution in [1.82, 2.24) is 5.32 Å². The van der Waals surface area contributed by atoms with Crippen LogP contribution in [-0.2, 0) is 10.0 Å². The second-order valence-electron chi connectivity index (χ2n) is 3.22. The Balaban J connectivity index is 2.33. The maximum Gasteiger partial charge on any atom is 0.238 e. The molecule has 1 aromatic rings. The van der Waals surface area contributed by atoms with E-state index in [4.69, 9.17) is 16.0 Å². The van der Waals surface area contributed by atoms with Gasteiger partial charge in [-0.05, 0) is 17.7 Å². The number of halogens is 1. The fourth-order valence-corrected chi connectivity index (χ4v) is 2.95. The second kappa shape index (κ2) is 4.03. The molecule has 0 unspecified atom stereocenters. The van der Waals surface area contributed by atoms with Gasteiger partial charge < -0.3 is 9.73 Å². The normalized spacial score (nSPS) is 21.3. The zero-order chi connectivity index (χ0) is 10.9. The third kappa shape index (κ3) is 2.27. The number of furan rings is 1. The molecule has 0 aromatic carbocycles. The molecule has 0 radical (unpaired) electrons. The summed E-state index contributed by atoms with van der Waals surface area (Å²) in [5.41, 5.74) is 0. The lowest BCUT2D eigenvalue weighted by atomic mass is 10.5. The Labute approximate surface area is 93.1 Å². The van der Waals surface area contributed by atoms with Crippen LogP contribution in [0.3, 0.4) is 0 Å². The van der Waals surface area contributed by atoms with Crippen molar-refractivity contribution in [3.63, 3.8) is 0 Å². The molecular formula is C8H11ClN2O3S. The number of rotatable bonds is 1. The summed E-state index contributed by atoms with van der Waals surface area (Å²) in [4.78, 5) is 0. The van der Waals surface area contributed by atoms with Gasteiger partial charge in [-0.15, -0.1) is 0 Å². The third-order valence-corrected chi connectivity index (χ3v) is 4.13. The van der Waals surface area contributed by atoms with Crippen molar-refractivity contribution in [1.29, 1.82) is 0 Å². The van der Waals surface area contributed by atoms with Gasteiger partial charge in [0.15, 0.2) is 5.22 Å². The predicted octanol–water partition coefficient (Wildman–Crippen LogP) is 0.672. The fourth-order valence-electron chi connectivity index (χ4n) is 1.44. The summed E-state index contributed by atoms with van der Waals surface area (Å²) < 4.78 is 29.9. The summed E-state index contributed by atoms with van der Waals surface area (Å²) >= 11 is 5.61. The number of sulfonamides is 1. The van der Waals surface area contributed by atoms with Gasteiger partial charge in [-0.3, -0.25) is 0 Å². The first-order valence-electron chi connectivity index (χ1n) is 4.56. The molecule has 0 amide bonds. The van der Waals surface area contributed by atoms with Crippen LogP contribution in [0.1, 0.15) is 0 Å². The molecular weight excluding hydrogens is 240 g/mol. The average molecular weight is 251 g/mol. The molecule has 1 N–H and O–H groups in total. The smallest absolute Gasteiger partial charge is 0.238 e. The van der Waals surface area contributed by atoms with E-state index < -0.39 is 10.0 Å². The topological polar surface area (TPSA) is 62.6 Å². The molecule has 2 rings (SSSR count). The van der Waals surface area contributed by atoms with Crippen molar-refractivity contribution in [2.75, 3.05) is 29.7 Å². The molecule has 84 valence electrons. The van der Waals surface area contributed by atoms with Gasteiger partial charge in [-0.25, -0.2) is 12.7 Å². The van der Waals surface area contributed by atoms with Crippen molar-refractivity contribution >= 4 is 27.5 Å². The largest absolute Gasteiger partial charge is 0.428 e.